The lowest BCUT2D eigenvalue weighted by atomic mass is 10.2. The fourth-order valence-electron chi connectivity index (χ4n) is 1.88. The van der Waals surface area contributed by atoms with Gasteiger partial charge in [-0.15, -0.1) is 0 Å². The fraction of sp³-hybridized carbons (Fsp3) is 0.235. The van der Waals surface area contributed by atoms with E-state index in [-0.39, 0.29) is 23.0 Å². The van der Waals surface area contributed by atoms with E-state index in [1.165, 1.54) is 26.0 Å². The molecule has 0 atom stereocenters. The highest BCUT2D eigenvalue weighted by molar-refractivity contribution is 7.85. The van der Waals surface area contributed by atoms with Gasteiger partial charge in [0.2, 0.25) is 18.0 Å². The Hall–Kier alpha value is -2.38. The van der Waals surface area contributed by atoms with Gasteiger partial charge in [0, 0.05) is 26.0 Å². The molecule has 6 nitrogen and oxygen atoms in total. The Kier molecular flexibility index (Phi) is 6.94. The zero-order valence-corrected chi connectivity index (χ0v) is 14.5. The van der Waals surface area contributed by atoms with Gasteiger partial charge in [0.05, 0.1) is 4.90 Å². The van der Waals surface area contributed by atoms with Crippen molar-refractivity contribution in [2.75, 3.05) is 0 Å². The highest BCUT2D eigenvalue weighted by Gasteiger charge is 2.14. The van der Waals surface area contributed by atoms with Gasteiger partial charge in [-0.25, -0.2) is 8.42 Å². The number of hydrogen-bond acceptors (Lipinski definition) is 5. The third-order valence-corrected chi connectivity index (χ3v) is 3.85. The molecule has 128 valence electrons. The second-order valence-corrected chi connectivity index (χ2v) is 6.62. The van der Waals surface area contributed by atoms with Gasteiger partial charge < -0.3 is 4.55 Å². The van der Waals surface area contributed by atoms with Crippen molar-refractivity contribution in [3.05, 3.63) is 59.9 Å². The Morgan fingerprint density at radius 1 is 1.04 bits per heavy atom. The van der Waals surface area contributed by atoms with E-state index in [9.17, 15) is 22.6 Å². The quantitative estimate of drug-likeness (QED) is 0.475. The van der Waals surface area contributed by atoms with Gasteiger partial charge in [0.1, 0.15) is 10.1 Å². The number of carbonyl (C=O) groups excluding carboxylic acids is 2. The molecule has 24 heavy (non-hydrogen) atoms. The van der Waals surface area contributed by atoms with Crippen LogP contribution in [-0.4, -0.2) is 24.5 Å². The van der Waals surface area contributed by atoms with Crippen LogP contribution in [0, 0.1) is 6.92 Å². The van der Waals surface area contributed by atoms with Crippen LogP contribution in [-0.2, 0) is 21.5 Å². The summed E-state index contributed by atoms with van der Waals surface area (Å²) in [6.07, 6.45) is 1.73. The minimum atomic E-state index is -4.27. The largest absolute Gasteiger partial charge is 0.744 e. The molecule has 0 N–H and O–H groups in total. The van der Waals surface area contributed by atoms with E-state index in [4.69, 9.17) is 0 Å². The SMILES string of the molecule is CC(=O)C[n+]1ccccc1C(C)=O.Cc1ccc(S(=O)(=O)[O-])cc1. The minimum absolute atomic E-state index is 0.0261. The van der Waals surface area contributed by atoms with E-state index in [0.717, 1.165) is 5.56 Å². The maximum absolute atomic E-state index is 11.1. The van der Waals surface area contributed by atoms with E-state index < -0.39 is 10.1 Å². The van der Waals surface area contributed by atoms with Crippen molar-refractivity contribution in [1.82, 2.24) is 0 Å². The molecule has 2 aromatic rings. The highest BCUT2D eigenvalue weighted by Crippen LogP contribution is 2.08. The third-order valence-electron chi connectivity index (χ3n) is 3.00. The van der Waals surface area contributed by atoms with E-state index >= 15 is 0 Å². The van der Waals surface area contributed by atoms with Crippen LogP contribution in [0.25, 0.3) is 0 Å². The summed E-state index contributed by atoms with van der Waals surface area (Å²) in [5.41, 5.74) is 1.50. The van der Waals surface area contributed by atoms with Gasteiger partial charge in [0.25, 0.3) is 0 Å². The number of aromatic nitrogens is 1. The summed E-state index contributed by atoms with van der Waals surface area (Å²) < 4.78 is 32.8. The van der Waals surface area contributed by atoms with Crippen molar-refractivity contribution >= 4 is 21.7 Å². The van der Waals surface area contributed by atoms with Gasteiger partial charge in [-0.3, -0.25) is 9.59 Å². The van der Waals surface area contributed by atoms with Crippen molar-refractivity contribution in [3.63, 3.8) is 0 Å². The van der Waals surface area contributed by atoms with Gasteiger partial charge in [-0.2, -0.15) is 4.57 Å². The van der Waals surface area contributed by atoms with E-state index in [1.54, 1.807) is 41.1 Å². The normalized spacial score (nSPS) is 10.5. The Bertz CT molecular complexity index is 826. The standard InChI is InChI=1S/C10H12NO2.C7H8O3S/c1-8(12)7-11-6-4-3-5-10(11)9(2)13;1-6-2-4-7(5-3-6)11(8,9)10/h3-6H,7H2,1-2H3;2-5H,1H3,(H,8,9,10)/q+1;/p-1. The van der Waals surface area contributed by atoms with Crippen LogP contribution in [0.4, 0.5) is 0 Å². The van der Waals surface area contributed by atoms with Crippen LogP contribution < -0.4 is 4.57 Å². The van der Waals surface area contributed by atoms with E-state index in [0.29, 0.717) is 5.69 Å². The van der Waals surface area contributed by atoms with Crippen LogP contribution >= 0.6 is 0 Å². The summed E-state index contributed by atoms with van der Waals surface area (Å²) in [6.45, 7) is 5.08. The first-order valence-electron chi connectivity index (χ1n) is 7.12. The summed E-state index contributed by atoms with van der Waals surface area (Å²) in [5, 5.41) is 0. The number of carbonyl (C=O) groups is 2. The van der Waals surface area contributed by atoms with Gasteiger partial charge in [-0.05, 0) is 25.1 Å². The van der Waals surface area contributed by atoms with Gasteiger partial charge >= 0.3 is 0 Å². The number of aryl methyl sites for hydroxylation is 1. The van der Waals surface area contributed by atoms with E-state index in [2.05, 4.69) is 0 Å². The summed E-state index contributed by atoms with van der Waals surface area (Å²) in [7, 11) is -4.27. The predicted molar refractivity (Wildman–Crippen MR) is 86.5 cm³/mol. The average molecular weight is 349 g/mol. The molecule has 0 amide bonds. The van der Waals surface area contributed by atoms with Crippen LogP contribution in [0.2, 0.25) is 0 Å². The van der Waals surface area contributed by atoms with Crippen LogP contribution in [0.3, 0.4) is 0 Å². The van der Waals surface area contributed by atoms with Crippen LogP contribution in [0.1, 0.15) is 29.9 Å². The predicted octanol–water partition coefficient (Wildman–Crippen LogP) is 1.66. The molecule has 0 fully saturated rings. The minimum Gasteiger partial charge on any atom is -0.744 e. The second-order valence-electron chi connectivity index (χ2n) is 5.24. The maximum Gasteiger partial charge on any atom is 0.248 e. The topological polar surface area (TPSA) is 95.2 Å². The van der Waals surface area contributed by atoms with Crippen molar-refractivity contribution < 1.29 is 27.1 Å². The average Bonchev–Trinajstić information content (AvgIpc) is 2.47. The van der Waals surface area contributed by atoms with Crippen molar-refractivity contribution in [2.45, 2.75) is 32.2 Å². The molecule has 0 bridgehead atoms. The lowest BCUT2D eigenvalue weighted by Gasteiger charge is -2.05. The van der Waals surface area contributed by atoms with Crippen molar-refractivity contribution in [2.24, 2.45) is 0 Å². The third kappa shape index (κ3) is 6.39. The molecule has 0 radical (unpaired) electrons. The molecule has 7 heteroatoms. The lowest BCUT2D eigenvalue weighted by Crippen LogP contribution is -2.42. The summed E-state index contributed by atoms with van der Waals surface area (Å²) >= 11 is 0. The highest BCUT2D eigenvalue weighted by atomic mass is 32.2. The fourth-order valence-corrected chi connectivity index (χ4v) is 2.35. The van der Waals surface area contributed by atoms with E-state index in [1.807, 2.05) is 6.92 Å². The first-order chi connectivity index (χ1) is 11.1. The Morgan fingerprint density at radius 2 is 1.62 bits per heavy atom. The number of ketones is 2. The molecular formula is C17H19NO5S. The molecule has 0 spiro atoms. The summed E-state index contributed by atoms with van der Waals surface area (Å²) in [4.78, 5) is 21.8. The first kappa shape index (κ1) is 19.7. The molecule has 0 aliphatic heterocycles. The molecule has 0 saturated carbocycles. The van der Waals surface area contributed by atoms with Crippen molar-refractivity contribution in [3.8, 4) is 0 Å². The Morgan fingerprint density at radius 3 is 2.08 bits per heavy atom. The van der Waals surface area contributed by atoms with Gasteiger partial charge in [0.15, 0.2) is 12.0 Å². The number of nitrogens with zero attached hydrogens (tertiary/aromatic N) is 1. The number of Topliss-reactive ketones (excluding diaryl/α,β-unsaturated/α-hetero) is 2. The summed E-state index contributed by atoms with van der Waals surface area (Å²) in [5.74, 6) is 0.0144. The number of benzene rings is 1. The molecule has 0 aliphatic carbocycles. The van der Waals surface area contributed by atoms with Crippen LogP contribution in [0.15, 0.2) is 53.6 Å². The molecular weight excluding hydrogens is 330 g/mol. The molecule has 1 heterocycles. The number of hydrogen-bond donors (Lipinski definition) is 0. The van der Waals surface area contributed by atoms with Gasteiger partial charge in [-0.1, -0.05) is 17.7 Å². The Balaban J connectivity index is 0.000000243. The molecule has 1 aromatic carbocycles. The zero-order chi connectivity index (χ0) is 18.3. The molecule has 2 rings (SSSR count). The summed E-state index contributed by atoms with van der Waals surface area (Å²) in [6, 6.07) is 11.1. The second kappa shape index (κ2) is 8.47. The van der Waals surface area contributed by atoms with Crippen molar-refractivity contribution in [1.29, 1.82) is 0 Å². The molecule has 0 unspecified atom stereocenters. The monoisotopic (exact) mass is 349 g/mol. The van der Waals surface area contributed by atoms with Crippen LogP contribution in [0.5, 0.6) is 0 Å². The molecule has 0 saturated heterocycles. The lowest BCUT2D eigenvalue weighted by molar-refractivity contribution is -0.686. The maximum atomic E-state index is 11.1. The Labute approximate surface area is 141 Å². The molecule has 0 aliphatic rings. The zero-order valence-electron chi connectivity index (χ0n) is 13.7. The number of rotatable bonds is 4. The smallest absolute Gasteiger partial charge is 0.248 e. The first-order valence-corrected chi connectivity index (χ1v) is 8.53. The number of pyridine rings is 1. The molecule has 1 aromatic heterocycles.